The predicted octanol–water partition coefficient (Wildman–Crippen LogP) is 1.79. The number of aliphatic carboxylic acids is 1. The summed E-state index contributed by atoms with van der Waals surface area (Å²) in [5.41, 5.74) is 5.24. The molecule has 0 aromatic rings. The van der Waals surface area contributed by atoms with Gasteiger partial charge in [0.05, 0.1) is 0 Å². The highest BCUT2D eigenvalue weighted by Crippen LogP contribution is 2.36. The average molecular weight is 236 g/mol. The Bertz CT molecular complexity index is 169. The molecule has 12 heavy (non-hydrogen) atoms. The van der Waals surface area contributed by atoms with Crippen molar-refractivity contribution in [2.45, 2.75) is 23.2 Å². The molecule has 1 unspecified atom stereocenters. The molecular weight excluding hydrogens is 225 g/mol. The third-order valence-electron chi connectivity index (χ3n) is 1.48. The minimum Gasteiger partial charge on any atom is -0.480 e. The number of nitrogens with two attached hydrogens (primary N) is 1. The van der Waals surface area contributed by atoms with Gasteiger partial charge < -0.3 is 10.8 Å². The second-order valence-corrected chi connectivity index (χ2v) is 4.99. The molecule has 6 heteroatoms. The largest absolute Gasteiger partial charge is 0.480 e. The van der Waals surface area contributed by atoms with Gasteiger partial charge in [-0.05, 0) is 6.42 Å². The van der Waals surface area contributed by atoms with Gasteiger partial charge in [0.2, 0.25) is 0 Å². The summed E-state index contributed by atoms with van der Waals surface area (Å²) in [7, 11) is 0. The van der Waals surface area contributed by atoms with Crippen LogP contribution in [0.2, 0.25) is 0 Å². The molecule has 72 valence electrons. The van der Waals surface area contributed by atoms with Gasteiger partial charge in [0.1, 0.15) is 6.04 Å². The SMILES string of the molecule is CC(C[13C@H](N)C(=O)O)C(Cl)(Cl)Cl. The number of carbonyl (C=O) groups is 1. The summed E-state index contributed by atoms with van der Waals surface area (Å²) in [6.07, 6.45) is 0.145. The first kappa shape index (κ1) is 12.3. The van der Waals surface area contributed by atoms with Crippen molar-refractivity contribution in [3.8, 4) is 0 Å². The van der Waals surface area contributed by atoms with E-state index >= 15 is 0 Å². The highest BCUT2D eigenvalue weighted by atomic mass is 35.6. The Morgan fingerprint density at radius 2 is 2.00 bits per heavy atom. The van der Waals surface area contributed by atoms with Crippen LogP contribution in [0.5, 0.6) is 0 Å². The van der Waals surface area contributed by atoms with Crippen LogP contribution in [0.25, 0.3) is 0 Å². The summed E-state index contributed by atoms with van der Waals surface area (Å²) in [5.74, 6) is -1.47. The molecule has 0 saturated heterocycles. The molecule has 0 aliphatic heterocycles. The Kier molecular flexibility index (Phi) is 4.62. The molecule has 0 aromatic carbocycles. The van der Waals surface area contributed by atoms with Crippen LogP contribution in [0, 0.1) is 5.92 Å². The van der Waals surface area contributed by atoms with Gasteiger partial charge in [-0.15, -0.1) is 0 Å². The molecule has 0 fully saturated rings. The van der Waals surface area contributed by atoms with Crippen LogP contribution in [0.3, 0.4) is 0 Å². The predicted molar refractivity (Wildman–Crippen MR) is 49.7 cm³/mol. The average Bonchev–Trinajstić information content (AvgIpc) is 1.85. The Hall–Kier alpha value is 0.300. The molecule has 0 rings (SSSR count). The molecule has 0 bridgehead atoms. The van der Waals surface area contributed by atoms with E-state index in [1.54, 1.807) is 6.92 Å². The van der Waals surface area contributed by atoms with Crippen LogP contribution >= 0.6 is 34.8 Å². The first-order valence-corrected chi connectivity index (χ1v) is 4.43. The van der Waals surface area contributed by atoms with Crippen molar-refractivity contribution in [3.05, 3.63) is 0 Å². The van der Waals surface area contributed by atoms with Crippen molar-refractivity contribution in [2.75, 3.05) is 0 Å². The van der Waals surface area contributed by atoms with Crippen LogP contribution in [-0.2, 0) is 4.79 Å². The van der Waals surface area contributed by atoms with Crippen LogP contribution in [0.1, 0.15) is 13.3 Å². The maximum absolute atomic E-state index is 10.3. The van der Waals surface area contributed by atoms with Crippen LogP contribution < -0.4 is 5.73 Å². The molecule has 2 atom stereocenters. The third-order valence-corrected chi connectivity index (χ3v) is 2.60. The van der Waals surface area contributed by atoms with Crippen molar-refractivity contribution < 1.29 is 9.90 Å². The van der Waals surface area contributed by atoms with Crippen molar-refractivity contribution in [1.82, 2.24) is 0 Å². The molecule has 0 spiro atoms. The zero-order chi connectivity index (χ0) is 9.94. The Balaban J connectivity index is 4.01. The number of alkyl halides is 3. The van der Waals surface area contributed by atoms with E-state index in [1.807, 2.05) is 0 Å². The highest BCUT2D eigenvalue weighted by Gasteiger charge is 2.31. The van der Waals surface area contributed by atoms with E-state index in [1.165, 1.54) is 0 Å². The second kappa shape index (κ2) is 4.51. The van der Waals surface area contributed by atoms with Crippen molar-refractivity contribution in [3.63, 3.8) is 0 Å². The fraction of sp³-hybridized carbons (Fsp3) is 0.833. The maximum Gasteiger partial charge on any atom is 0.320 e. The summed E-state index contributed by atoms with van der Waals surface area (Å²) < 4.78 is -1.45. The highest BCUT2D eigenvalue weighted by molar-refractivity contribution is 6.67. The monoisotopic (exact) mass is 234 g/mol. The number of hydrogen-bond acceptors (Lipinski definition) is 2. The summed E-state index contributed by atoms with van der Waals surface area (Å²) in [6, 6.07) is -0.976. The van der Waals surface area contributed by atoms with Gasteiger partial charge in [0.15, 0.2) is 3.79 Å². The molecule has 0 aromatic heterocycles. The van der Waals surface area contributed by atoms with Gasteiger partial charge >= 0.3 is 5.97 Å². The van der Waals surface area contributed by atoms with Crippen LogP contribution in [-0.4, -0.2) is 20.9 Å². The smallest absolute Gasteiger partial charge is 0.320 e. The van der Waals surface area contributed by atoms with Crippen LogP contribution in [0.4, 0.5) is 0 Å². The molecule has 0 radical (unpaired) electrons. The maximum atomic E-state index is 10.3. The third kappa shape index (κ3) is 4.36. The summed E-state index contributed by atoms with van der Waals surface area (Å²) in [4.78, 5) is 10.3. The minimum absolute atomic E-state index is 0.145. The van der Waals surface area contributed by atoms with E-state index in [0.717, 1.165) is 0 Å². The fourth-order valence-electron chi connectivity index (χ4n) is 0.615. The topological polar surface area (TPSA) is 63.3 Å². The van der Waals surface area contributed by atoms with Crippen molar-refractivity contribution in [2.24, 2.45) is 11.7 Å². The molecule has 0 saturated carbocycles. The summed E-state index contributed by atoms with van der Waals surface area (Å²) in [5, 5.41) is 8.44. The molecule has 0 aliphatic rings. The van der Waals surface area contributed by atoms with Crippen molar-refractivity contribution >= 4 is 40.8 Å². The van der Waals surface area contributed by atoms with Gasteiger partial charge in [-0.25, -0.2) is 0 Å². The Labute approximate surface area is 85.8 Å². The van der Waals surface area contributed by atoms with E-state index < -0.39 is 15.8 Å². The molecule has 0 heterocycles. The lowest BCUT2D eigenvalue weighted by molar-refractivity contribution is -0.138. The summed E-state index contributed by atoms with van der Waals surface area (Å²) >= 11 is 16.5. The first-order valence-electron chi connectivity index (χ1n) is 3.30. The zero-order valence-corrected chi connectivity index (χ0v) is 8.70. The molecule has 0 amide bonds. The standard InChI is InChI=1S/C6H10Cl3NO2/c1-3(6(7,8)9)2-4(10)5(11)12/h3-4H,2,10H2,1H3,(H,11,12)/t3?,4-/m0/s1/i4+1. The molecule has 3 nitrogen and oxygen atoms in total. The quantitative estimate of drug-likeness (QED) is 0.579. The van der Waals surface area contributed by atoms with E-state index in [4.69, 9.17) is 45.6 Å². The second-order valence-electron chi connectivity index (χ2n) is 2.62. The molecular formula is C6H10Cl3NO2. The van der Waals surface area contributed by atoms with Crippen LogP contribution in [0.15, 0.2) is 0 Å². The lowest BCUT2D eigenvalue weighted by Gasteiger charge is -2.21. The Morgan fingerprint density at radius 3 is 2.25 bits per heavy atom. The number of rotatable bonds is 3. The van der Waals surface area contributed by atoms with E-state index in [-0.39, 0.29) is 12.3 Å². The minimum atomic E-state index is -1.45. The number of hydrogen-bond donors (Lipinski definition) is 2. The first-order chi connectivity index (χ1) is 5.25. The number of halogens is 3. The van der Waals surface area contributed by atoms with Gasteiger partial charge in [-0.2, -0.15) is 0 Å². The van der Waals surface area contributed by atoms with Gasteiger partial charge in [0.25, 0.3) is 0 Å². The van der Waals surface area contributed by atoms with Gasteiger partial charge in [-0.3, -0.25) is 4.79 Å². The zero-order valence-electron chi connectivity index (χ0n) is 6.43. The molecule has 0 aliphatic carbocycles. The van der Waals surface area contributed by atoms with E-state index in [9.17, 15) is 4.79 Å². The van der Waals surface area contributed by atoms with E-state index in [2.05, 4.69) is 0 Å². The fourth-order valence-corrected chi connectivity index (χ4v) is 0.883. The molecule has 3 N–H and O–H groups in total. The van der Waals surface area contributed by atoms with E-state index in [0.29, 0.717) is 0 Å². The lowest BCUT2D eigenvalue weighted by atomic mass is 10.2. The Morgan fingerprint density at radius 1 is 1.58 bits per heavy atom. The normalized spacial score (nSPS) is 17.1. The number of carboxylic acids is 1. The number of carboxylic acid groups (broad SMARTS) is 1. The van der Waals surface area contributed by atoms with Crippen molar-refractivity contribution in [1.29, 1.82) is 0 Å². The lowest BCUT2D eigenvalue weighted by Crippen LogP contribution is -2.34. The van der Waals surface area contributed by atoms with Gasteiger partial charge in [-0.1, -0.05) is 41.7 Å². The van der Waals surface area contributed by atoms with Gasteiger partial charge in [0, 0.05) is 5.92 Å². The summed E-state index contributed by atoms with van der Waals surface area (Å²) in [6.45, 7) is 1.63.